The molecule has 114 valence electrons. The SMILES string of the molecule is CCCCCCCCCC(NC)c1cc(Br)ccc1C. The van der Waals surface area contributed by atoms with Crippen LogP contribution in [0.1, 0.15) is 75.5 Å². The lowest BCUT2D eigenvalue weighted by molar-refractivity contribution is 0.494. The van der Waals surface area contributed by atoms with Crippen molar-refractivity contribution in [3.63, 3.8) is 0 Å². The van der Waals surface area contributed by atoms with Gasteiger partial charge in [-0.1, -0.05) is 73.9 Å². The topological polar surface area (TPSA) is 12.0 Å². The van der Waals surface area contributed by atoms with E-state index in [-0.39, 0.29) is 0 Å². The van der Waals surface area contributed by atoms with Gasteiger partial charge in [0.15, 0.2) is 0 Å². The van der Waals surface area contributed by atoms with Crippen LogP contribution in [0.15, 0.2) is 22.7 Å². The first kappa shape index (κ1) is 17.7. The van der Waals surface area contributed by atoms with Crippen LogP contribution < -0.4 is 5.32 Å². The Bertz CT molecular complexity index is 376. The second kappa shape index (κ2) is 10.4. The molecular weight excluding hydrogens is 310 g/mol. The zero-order chi connectivity index (χ0) is 14.8. The predicted molar refractivity (Wildman–Crippen MR) is 93.3 cm³/mol. The number of unbranched alkanes of at least 4 members (excludes halogenated alkanes) is 6. The monoisotopic (exact) mass is 339 g/mol. The van der Waals surface area contributed by atoms with Gasteiger partial charge in [0.1, 0.15) is 0 Å². The van der Waals surface area contributed by atoms with Gasteiger partial charge in [0.05, 0.1) is 0 Å². The fourth-order valence-electron chi connectivity index (χ4n) is 2.75. The number of halogens is 1. The summed E-state index contributed by atoms with van der Waals surface area (Å²) in [6.07, 6.45) is 10.9. The molecule has 20 heavy (non-hydrogen) atoms. The lowest BCUT2D eigenvalue weighted by atomic mass is 9.96. The lowest BCUT2D eigenvalue weighted by Crippen LogP contribution is -2.17. The van der Waals surface area contributed by atoms with E-state index in [1.807, 2.05) is 0 Å². The zero-order valence-corrected chi connectivity index (χ0v) is 14.9. The van der Waals surface area contributed by atoms with Gasteiger partial charge in [-0.15, -0.1) is 0 Å². The Hall–Kier alpha value is -0.340. The van der Waals surface area contributed by atoms with Crippen molar-refractivity contribution >= 4 is 15.9 Å². The maximum atomic E-state index is 3.58. The zero-order valence-electron chi connectivity index (χ0n) is 13.3. The highest BCUT2D eigenvalue weighted by Crippen LogP contribution is 2.26. The second-order valence-corrected chi connectivity index (χ2v) is 6.67. The van der Waals surface area contributed by atoms with E-state index in [2.05, 4.69) is 60.3 Å². The molecule has 0 bridgehead atoms. The molecule has 1 rings (SSSR count). The molecule has 0 aromatic heterocycles. The molecule has 0 saturated heterocycles. The number of benzene rings is 1. The molecule has 1 aromatic carbocycles. The molecule has 0 aliphatic carbocycles. The minimum Gasteiger partial charge on any atom is -0.313 e. The Labute approximate surface area is 133 Å². The van der Waals surface area contributed by atoms with Crippen molar-refractivity contribution in [2.24, 2.45) is 0 Å². The minimum absolute atomic E-state index is 0.489. The molecule has 0 fully saturated rings. The summed E-state index contributed by atoms with van der Waals surface area (Å²) < 4.78 is 1.18. The number of rotatable bonds is 10. The van der Waals surface area contributed by atoms with Crippen molar-refractivity contribution in [3.05, 3.63) is 33.8 Å². The predicted octanol–water partition coefficient (Wildman–Crippen LogP) is 6.16. The Kier molecular flexibility index (Phi) is 9.21. The van der Waals surface area contributed by atoms with Crippen LogP contribution in [0.2, 0.25) is 0 Å². The van der Waals surface area contributed by atoms with E-state index in [1.54, 1.807) is 0 Å². The van der Waals surface area contributed by atoms with Gasteiger partial charge in [0.25, 0.3) is 0 Å². The van der Waals surface area contributed by atoms with Crippen LogP contribution in [0.25, 0.3) is 0 Å². The molecule has 1 N–H and O–H groups in total. The standard InChI is InChI=1S/C18H30BrN/c1-4-5-6-7-8-9-10-11-18(20-3)17-14-16(19)13-12-15(17)2/h12-14,18,20H,4-11H2,1-3H3. The first-order chi connectivity index (χ1) is 9.69. The van der Waals surface area contributed by atoms with Gasteiger partial charge in [0, 0.05) is 10.5 Å². The van der Waals surface area contributed by atoms with Gasteiger partial charge < -0.3 is 5.32 Å². The van der Waals surface area contributed by atoms with E-state index < -0.39 is 0 Å². The fraction of sp³-hybridized carbons (Fsp3) is 0.667. The number of hydrogen-bond acceptors (Lipinski definition) is 1. The first-order valence-electron chi connectivity index (χ1n) is 8.12. The number of aryl methyl sites for hydroxylation is 1. The Morgan fingerprint density at radius 2 is 1.70 bits per heavy atom. The third-order valence-electron chi connectivity index (χ3n) is 4.06. The van der Waals surface area contributed by atoms with Gasteiger partial charge in [-0.2, -0.15) is 0 Å². The van der Waals surface area contributed by atoms with Gasteiger partial charge >= 0.3 is 0 Å². The van der Waals surface area contributed by atoms with Crippen molar-refractivity contribution in [3.8, 4) is 0 Å². The van der Waals surface area contributed by atoms with E-state index in [0.29, 0.717) is 6.04 Å². The van der Waals surface area contributed by atoms with Gasteiger partial charge in [-0.25, -0.2) is 0 Å². The maximum absolute atomic E-state index is 3.58. The number of nitrogens with one attached hydrogen (secondary N) is 1. The molecule has 0 saturated carbocycles. The molecule has 0 amide bonds. The molecule has 1 atom stereocenters. The van der Waals surface area contributed by atoms with Crippen LogP contribution in [0.3, 0.4) is 0 Å². The van der Waals surface area contributed by atoms with E-state index in [4.69, 9.17) is 0 Å². The third kappa shape index (κ3) is 6.41. The van der Waals surface area contributed by atoms with Crippen molar-refractivity contribution in [1.29, 1.82) is 0 Å². The molecular formula is C18H30BrN. The van der Waals surface area contributed by atoms with Crippen LogP contribution in [0.5, 0.6) is 0 Å². The van der Waals surface area contributed by atoms with Crippen LogP contribution in [-0.2, 0) is 0 Å². The Morgan fingerprint density at radius 1 is 1.05 bits per heavy atom. The lowest BCUT2D eigenvalue weighted by Gasteiger charge is -2.19. The van der Waals surface area contributed by atoms with Crippen molar-refractivity contribution in [2.75, 3.05) is 7.05 Å². The quantitative estimate of drug-likeness (QED) is 0.503. The average Bonchev–Trinajstić information content (AvgIpc) is 2.45. The molecule has 1 nitrogen and oxygen atoms in total. The molecule has 1 aromatic rings. The van der Waals surface area contributed by atoms with Gasteiger partial charge in [0.2, 0.25) is 0 Å². The smallest absolute Gasteiger partial charge is 0.0320 e. The first-order valence-corrected chi connectivity index (χ1v) is 8.91. The van der Waals surface area contributed by atoms with Crippen LogP contribution in [0, 0.1) is 6.92 Å². The maximum Gasteiger partial charge on any atom is 0.0320 e. The molecule has 1 unspecified atom stereocenters. The summed E-state index contributed by atoms with van der Waals surface area (Å²) >= 11 is 3.58. The Balaban J connectivity index is 2.34. The average molecular weight is 340 g/mol. The van der Waals surface area contributed by atoms with E-state index in [0.717, 1.165) is 0 Å². The van der Waals surface area contributed by atoms with E-state index in [1.165, 1.54) is 67.0 Å². The van der Waals surface area contributed by atoms with Crippen molar-refractivity contribution in [2.45, 2.75) is 71.3 Å². The highest BCUT2D eigenvalue weighted by molar-refractivity contribution is 9.10. The third-order valence-corrected chi connectivity index (χ3v) is 4.55. The summed E-state index contributed by atoms with van der Waals surface area (Å²) in [6.45, 7) is 4.48. The summed E-state index contributed by atoms with van der Waals surface area (Å²) in [4.78, 5) is 0. The van der Waals surface area contributed by atoms with Crippen LogP contribution in [0.4, 0.5) is 0 Å². The van der Waals surface area contributed by atoms with E-state index in [9.17, 15) is 0 Å². The highest BCUT2D eigenvalue weighted by atomic mass is 79.9. The molecule has 0 aliphatic heterocycles. The largest absolute Gasteiger partial charge is 0.313 e. The van der Waals surface area contributed by atoms with Gasteiger partial charge in [-0.05, 0) is 43.7 Å². The molecule has 0 radical (unpaired) electrons. The number of hydrogen-bond donors (Lipinski definition) is 1. The normalized spacial score (nSPS) is 12.6. The van der Waals surface area contributed by atoms with E-state index >= 15 is 0 Å². The summed E-state index contributed by atoms with van der Waals surface area (Å²) in [7, 11) is 2.08. The molecule has 0 spiro atoms. The molecule has 0 aliphatic rings. The molecule has 0 heterocycles. The minimum atomic E-state index is 0.489. The van der Waals surface area contributed by atoms with Gasteiger partial charge in [-0.3, -0.25) is 0 Å². The van der Waals surface area contributed by atoms with Crippen LogP contribution in [-0.4, -0.2) is 7.05 Å². The summed E-state index contributed by atoms with van der Waals surface area (Å²) in [6, 6.07) is 7.08. The van der Waals surface area contributed by atoms with Crippen molar-refractivity contribution < 1.29 is 0 Å². The fourth-order valence-corrected chi connectivity index (χ4v) is 3.13. The molecule has 2 heteroatoms. The second-order valence-electron chi connectivity index (χ2n) is 5.75. The van der Waals surface area contributed by atoms with Crippen molar-refractivity contribution in [1.82, 2.24) is 5.32 Å². The van der Waals surface area contributed by atoms with Crippen LogP contribution >= 0.6 is 15.9 Å². The Morgan fingerprint density at radius 3 is 2.35 bits per heavy atom. The summed E-state index contributed by atoms with van der Waals surface area (Å²) in [5.74, 6) is 0. The summed E-state index contributed by atoms with van der Waals surface area (Å²) in [5, 5.41) is 3.48. The summed E-state index contributed by atoms with van der Waals surface area (Å²) in [5.41, 5.74) is 2.82. The highest BCUT2D eigenvalue weighted by Gasteiger charge is 2.11.